The van der Waals surface area contributed by atoms with Crippen LogP contribution >= 0.6 is 0 Å². The number of rotatable bonds is 3. The van der Waals surface area contributed by atoms with Gasteiger partial charge in [0.1, 0.15) is 0 Å². The topological polar surface area (TPSA) is 64.1 Å². The second-order valence-electron chi connectivity index (χ2n) is 2.06. The zero-order valence-electron chi connectivity index (χ0n) is 5.70. The summed E-state index contributed by atoms with van der Waals surface area (Å²) in [5, 5.41) is 12.6. The fourth-order valence-electron chi connectivity index (χ4n) is 0.743. The molecule has 56 valence electrons. The van der Waals surface area contributed by atoms with Gasteiger partial charge in [-0.05, 0) is 0 Å². The Morgan fingerprint density at radius 3 is 3.00 bits per heavy atom. The lowest BCUT2D eigenvalue weighted by molar-refractivity contribution is 0.281. The summed E-state index contributed by atoms with van der Waals surface area (Å²) in [4.78, 5) is 0. The van der Waals surface area contributed by atoms with Crippen molar-refractivity contribution in [3.63, 3.8) is 0 Å². The SMILES string of the molecule is NCCn1cc(CO)cn1. The summed E-state index contributed by atoms with van der Waals surface area (Å²) in [5.41, 5.74) is 6.12. The van der Waals surface area contributed by atoms with Gasteiger partial charge in [0.05, 0.1) is 19.3 Å². The molecule has 1 rings (SSSR count). The van der Waals surface area contributed by atoms with Crippen molar-refractivity contribution in [3.05, 3.63) is 18.0 Å². The molecule has 0 saturated carbocycles. The van der Waals surface area contributed by atoms with Crippen LogP contribution in [-0.2, 0) is 13.2 Å². The molecule has 0 aliphatic rings. The van der Waals surface area contributed by atoms with Crippen molar-refractivity contribution < 1.29 is 5.11 Å². The Balaban J connectivity index is 2.59. The van der Waals surface area contributed by atoms with Gasteiger partial charge in [0.2, 0.25) is 0 Å². The van der Waals surface area contributed by atoms with Gasteiger partial charge >= 0.3 is 0 Å². The molecule has 4 heteroatoms. The Bertz CT molecular complexity index is 197. The zero-order chi connectivity index (χ0) is 7.40. The summed E-state index contributed by atoms with van der Waals surface area (Å²) < 4.78 is 1.71. The Morgan fingerprint density at radius 1 is 1.70 bits per heavy atom. The first-order chi connectivity index (χ1) is 4.86. The monoisotopic (exact) mass is 141 g/mol. The average molecular weight is 141 g/mol. The molecule has 0 saturated heterocycles. The molecule has 0 amide bonds. The number of aliphatic hydroxyl groups excluding tert-OH is 1. The second kappa shape index (κ2) is 3.34. The summed E-state index contributed by atoms with van der Waals surface area (Å²) >= 11 is 0. The van der Waals surface area contributed by atoms with Crippen molar-refractivity contribution in [2.75, 3.05) is 6.54 Å². The molecular weight excluding hydrogens is 130 g/mol. The lowest BCUT2D eigenvalue weighted by Crippen LogP contribution is -2.09. The van der Waals surface area contributed by atoms with Gasteiger partial charge in [-0.2, -0.15) is 5.10 Å². The van der Waals surface area contributed by atoms with E-state index in [0.717, 1.165) is 5.56 Å². The highest BCUT2D eigenvalue weighted by Gasteiger charge is 1.93. The molecule has 1 aromatic rings. The summed E-state index contributed by atoms with van der Waals surface area (Å²) in [5.74, 6) is 0. The Labute approximate surface area is 59.3 Å². The highest BCUT2D eigenvalue weighted by Crippen LogP contribution is 1.95. The molecule has 0 aromatic carbocycles. The molecule has 0 aliphatic carbocycles. The largest absolute Gasteiger partial charge is 0.392 e. The molecule has 0 unspecified atom stereocenters. The van der Waals surface area contributed by atoms with Crippen molar-refractivity contribution in [1.29, 1.82) is 0 Å². The van der Waals surface area contributed by atoms with E-state index in [-0.39, 0.29) is 6.61 Å². The van der Waals surface area contributed by atoms with Crippen LogP contribution in [0.1, 0.15) is 5.56 Å². The van der Waals surface area contributed by atoms with Crippen LogP contribution in [0.5, 0.6) is 0 Å². The van der Waals surface area contributed by atoms with E-state index in [0.29, 0.717) is 13.1 Å². The first kappa shape index (κ1) is 7.24. The van der Waals surface area contributed by atoms with E-state index >= 15 is 0 Å². The van der Waals surface area contributed by atoms with E-state index in [1.54, 1.807) is 17.1 Å². The van der Waals surface area contributed by atoms with Gasteiger partial charge in [-0.3, -0.25) is 4.68 Å². The molecule has 0 radical (unpaired) electrons. The van der Waals surface area contributed by atoms with Crippen molar-refractivity contribution >= 4 is 0 Å². The van der Waals surface area contributed by atoms with Crippen molar-refractivity contribution in [2.45, 2.75) is 13.2 Å². The Kier molecular flexibility index (Phi) is 2.42. The predicted molar refractivity (Wildman–Crippen MR) is 37.2 cm³/mol. The van der Waals surface area contributed by atoms with E-state index < -0.39 is 0 Å². The van der Waals surface area contributed by atoms with Crippen LogP contribution in [-0.4, -0.2) is 21.4 Å². The van der Waals surface area contributed by atoms with Gasteiger partial charge < -0.3 is 10.8 Å². The Morgan fingerprint density at radius 2 is 2.50 bits per heavy atom. The quantitative estimate of drug-likeness (QED) is 0.587. The fourth-order valence-corrected chi connectivity index (χ4v) is 0.743. The molecule has 10 heavy (non-hydrogen) atoms. The van der Waals surface area contributed by atoms with E-state index in [4.69, 9.17) is 10.8 Å². The average Bonchev–Trinajstić information content (AvgIpc) is 2.37. The van der Waals surface area contributed by atoms with E-state index in [2.05, 4.69) is 5.10 Å². The maximum atomic E-state index is 8.63. The van der Waals surface area contributed by atoms with E-state index in [9.17, 15) is 0 Å². The van der Waals surface area contributed by atoms with E-state index in [1.807, 2.05) is 0 Å². The number of nitrogens with two attached hydrogens (primary N) is 1. The molecule has 0 aliphatic heterocycles. The minimum atomic E-state index is 0.0462. The minimum Gasteiger partial charge on any atom is -0.392 e. The maximum Gasteiger partial charge on any atom is 0.0712 e. The Hall–Kier alpha value is -0.870. The van der Waals surface area contributed by atoms with Gasteiger partial charge in [0.15, 0.2) is 0 Å². The molecule has 1 heterocycles. The molecular formula is C6H11N3O. The normalized spacial score (nSPS) is 10.2. The number of hydrogen-bond acceptors (Lipinski definition) is 3. The number of aliphatic hydroxyl groups is 1. The second-order valence-corrected chi connectivity index (χ2v) is 2.06. The van der Waals surface area contributed by atoms with Crippen molar-refractivity contribution in [3.8, 4) is 0 Å². The molecule has 0 bridgehead atoms. The van der Waals surface area contributed by atoms with Gasteiger partial charge in [-0.1, -0.05) is 0 Å². The third kappa shape index (κ3) is 1.55. The number of aromatic nitrogens is 2. The van der Waals surface area contributed by atoms with Crippen LogP contribution in [0.3, 0.4) is 0 Å². The van der Waals surface area contributed by atoms with Crippen LogP contribution in [0.15, 0.2) is 12.4 Å². The fraction of sp³-hybridized carbons (Fsp3) is 0.500. The molecule has 0 fully saturated rings. The van der Waals surface area contributed by atoms with Gasteiger partial charge in [0, 0.05) is 18.3 Å². The number of nitrogens with zero attached hydrogens (tertiary/aromatic N) is 2. The smallest absolute Gasteiger partial charge is 0.0712 e. The minimum absolute atomic E-state index is 0.0462. The van der Waals surface area contributed by atoms with Crippen LogP contribution in [0.4, 0.5) is 0 Å². The first-order valence-electron chi connectivity index (χ1n) is 3.19. The molecule has 1 aromatic heterocycles. The summed E-state index contributed by atoms with van der Waals surface area (Å²) in [6.45, 7) is 1.33. The predicted octanol–water partition coefficient (Wildman–Crippen LogP) is -0.666. The lowest BCUT2D eigenvalue weighted by atomic mass is 10.4. The van der Waals surface area contributed by atoms with Crippen LogP contribution in [0.25, 0.3) is 0 Å². The molecule has 3 N–H and O–H groups in total. The van der Waals surface area contributed by atoms with Gasteiger partial charge in [-0.25, -0.2) is 0 Å². The van der Waals surface area contributed by atoms with Crippen LogP contribution in [0.2, 0.25) is 0 Å². The third-order valence-electron chi connectivity index (χ3n) is 1.23. The first-order valence-corrected chi connectivity index (χ1v) is 3.19. The van der Waals surface area contributed by atoms with Crippen molar-refractivity contribution in [2.24, 2.45) is 5.73 Å². The molecule has 4 nitrogen and oxygen atoms in total. The van der Waals surface area contributed by atoms with Crippen LogP contribution < -0.4 is 5.73 Å². The summed E-state index contributed by atoms with van der Waals surface area (Å²) in [6.07, 6.45) is 3.42. The number of hydrogen-bond donors (Lipinski definition) is 2. The molecule has 0 spiro atoms. The standard InChI is InChI=1S/C6H11N3O/c7-1-2-9-4-6(5-10)3-8-9/h3-4,10H,1-2,5,7H2. The van der Waals surface area contributed by atoms with E-state index in [1.165, 1.54) is 0 Å². The zero-order valence-corrected chi connectivity index (χ0v) is 5.70. The maximum absolute atomic E-state index is 8.63. The van der Waals surface area contributed by atoms with Gasteiger partial charge in [0.25, 0.3) is 0 Å². The molecule has 0 atom stereocenters. The lowest BCUT2D eigenvalue weighted by Gasteiger charge is -1.93. The highest BCUT2D eigenvalue weighted by molar-refractivity contribution is 5.01. The summed E-state index contributed by atoms with van der Waals surface area (Å²) in [6, 6.07) is 0. The third-order valence-corrected chi connectivity index (χ3v) is 1.23. The van der Waals surface area contributed by atoms with Crippen LogP contribution in [0, 0.1) is 0 Å². The van der Waals surface area contributed by atoms with Gasteiger partial charge in [-0.15, -0.1) is 0 Å². The van der Waals surface area contributed by atoms with Crippen molar-refractivity contribution in [1.82, 2.24) is 9.78 Å². The summed E-state index contributed by atoms with van der Waals surface area (Å²) in [7, 11) is 0. The highest BCUT2D eigenvalue weighted by atomic mass is 16.3.